The number of nitrogens with two attached hydrogens (primary N) is 1. The molecule has 1 aliphatic rings. The Morgan fingerprint density at radius 3 is 2.75 bits per heavy atom. The first kappa shape index (κ1) is 14.8. The highest BCUT2D eigenvalue weighted by atomic mass is 35.5. The van der Waals surface area contributed by atoms with Crippen molar-refractivity contribution in [2.75, 3.05) is 13.1 Å². The summed E-state index contributed by atoms with van der Waals surface area (Å²) >= 11 is 6.01. The third-order valence-electron chi connectivity index (χ3n) is 3.64. The van der Waals surface area contributed by atoms with Crippen LogP contribution in [0.25, 0.3) is 0 Å². The van der Waals surface area contributed by atoms with E-state index in [0.717, 1.165) is 5.56 Å². The monoisotopic (exact) mass is 296 g/mol. The Morgan fingerprint density at radius 1 is 1.45 bits per heavy atom. The molecule has 1 aliphatic heterocycles. The summed E-state index contributed by atoms with van der Waals surface area (Å²) in [4.78, 5) is 25.1. The van der Waals surface area contributed by atoms with Crippen molar-refractivity contribution >= 4 is 23.4 Å². The second-order valence-corrected chi connectivity index (χ2v) is 5.60. The number of likely N-dealkylation sites (tertiary alicyclic amines) is 1. The van der Waals surface area contributed by atoms with Crippen LogP contribution >= 0.6 is 11.6 Å². The molecule has 1 fully saturated rings. The van der Waals surface area contributed by atoms with E-state index in [-0.39, 0.29) is 18.9 Å². The van der Waals surface area contributed by atoms with Crippen LogP contribution < -0.4 is 5.73 Å². The van der Waals surface area contributed by atoms with Crippen LogP contribution in [-0.4, -0.2) is 40.5 Å². The summed E-state index contributed by atoms with van der Waals surface area (Å²) in [5.74, 6) is -1.05. The Morgan fingerprint density at radius 2 is 2.15 bits per heavy atom. The minimum atomic E-state index is -1.64. The van der Waals surface area contributed by atoms with E-state index in [1.807, 2.05) is 6.92 Å². The number of β-amino-alcohol motifs (C(OH)–C–C–N with tert-alkyl or cyclic N) is 1. The van der Waals surface area contributed by atoms with Crippen LogP contribution in [0.2, 0.25) is 5.02 Å². The van der Waals surface area contributed by atoms with Gasteiger partial charge < -0.3 is 15.7 Å². The van der Waals surface area contributed by atoms with Crippen LogP contribution in [0.15, 0.2) is 18.2 Å². The fourth-order valence-corrected chi connectivity index (χ4v) is 2.50. The molecule has 3 N–H and O–H groups in total. The number of amides is 2. The summed E-state index contributed by atoms with van der Waals surface area (Å²) in [7, 11) is 0. The van der Waals surface area contributed by atoms with E-state index in [1.54, 1.807) is 18.2 Å². The van der Waals surface area contributed by atoms with Gasteiger partial charge in [-0.1, -0.05) is 17.7 Å². The van der Waals surface area contributed by atoms with Crippen LogP contribution in [0.5, 0.6) is 0 Å². The topological polar surface area (TPSA) is 83.6 Å². The fraction of sp³-hybridized carbons (Fsp3) is 0.429. The molecule has 1 saturated heterocycles. The molecule has 1 unspecified atom stereocenters. The summed E-state index contributed by atoms with van der Waals surface area (Å²) in [6.07, 6.45) is 0.811. The molecular formula is C14H17ClN2O3. The number of halogens is 1. The van der Waals surface area contributed by atoms with Crippen molar-refractivity contribution in [1.29, 1.82) is 0 Å². The number of hydrogen-bond donors (Lipinski definition) is 2. The Hall–Kier alpha value is -1.59. The standard InChI is InChI=1S/C14H17ClN2O3/c1-9-3-4-10(7-11(9)15)12(18)17-6-2-5-14(20,8-17)13(16)19/h3-4,7,20H,2,5-6,8H2,1H3,(H2,16,19). The van der Waals surface area contributed by atoms with Crippen molar-refractivity contribution in [3.8, 4) is 0 Å². The molecule has 2 rings (SSSR count). The number of aryl methyl sites for hydroxylation is 1. The van der Waals surface area contributed by atoms with Crippen LogP contribution in [0, 0.1) is 6.92 Å². The van der Waals surface area contributed by atoms with Crippen molar-refractivity contribution < 1.29 is 14.7 Å². The lowest BCUT2D eigenvalue weighted by Crippen LogP contribution is -2.57. The number of benzene rings is 1. The highest BCUT2D eigenvalue weighted by Gasteiger charge is 2.40. The second kappa shape index (κ2) is 5.42. The van der Waals surface area contributed by atoms with Gasteiger partial charge in [-0.15, -0.1) is 0 Å². The third kappa shape index (κ3) is 2.78. The molecule has 0 aromatic heterocycles. The minimum absolute atomic E-state index is 0.0767. The third-order valence-corrected chi connectivity index (χ3v) is 4.04. The van der Waals surface area contributed by atoms with E-state index in [4.69, 9.17) is 17.3 Å². The molecule has 0 bridgehead atoms. The molecule has 108 valence electrons. The van der Waals surface area contributed by atoms with Crippen molar-refractivity contribution in [1.82, 2.24) is 4.90 Å². The SMILES string of the molecule is Cc1ccc(C(=O)N2CCCC(O)(C(N)=O)C2)cc1Cl. The normalized spacial score (nSPS) is 22.6. The summed E-state index contributed by atoms with van der Waals surface area (Å²) in [5.41, 5.74) is 4.89. The van der Waals surface area contributed by atoms with Gasteiger partial charge in [0.25, 0.3) is 11.8 Å². The van der Waals surface area contributed by atoms with E-state index in [9.17, 15) is 14.7 Å². The average molecular weight is 297 g/mol. The zero-order chi connectivity index (χ0) is 14.9. The van der Waals surface area contributed by atoms with Gasteiger partial charge in [0.2, 0.25) is 0 Å². The first-order valence-electron chi connectivity index (χ1n) is 6.41. The Kier molecular flexibility index (Phi) is 4.01. The predicted octanol–water partition coefficient (Wildman–Crippen LogP) is 1.10. The van der Waals surface area contributed by atoms with Gasteiger partial charge in [-0.05, 0) is 37.5 Å². The van der Waals surface area contributed by atoms with Gasteiger partial charge in [0, 0.05) is 17.1 Å². The largest absolute Gasteiger partial charge is 0.378 e. The number of piperidine rings is 1. The zero-order valence-electron chi connectivity index (χ0n) is 11.2. The fourth-order valence-electron chi connectivity index (χ4n) is 2.32. The lowest BCUT2D eigenvalue weighted by Gasteiger charge is -2.37. The number of rotatable bonds is 2. The molecule has 1 aromatic carbocycles. The summed E-state index contributed by atoms with van der Waals surface area (Å²) in [6, 6.07) is 5.04. The van der Waals surface area contributed by atoms with Gasteiger partial charge in [-0.3, -0.25) is 9.59 Å². The molecule has 0 radical (unpaired) electrons. The number of carbonyl (C=O) groups excluding carboxylic acids is 2. The Balaban J connectivity index is 2.20. The van der Waals surface area contributed by atoms with E-state index >= 15 is 0 Å². The molecule has 20 heavy (non-hydrogen) atoms. The number of hydrogen-bond acceptors (Lipinski definition) is 3. The minimum Gasteiger partial charge on any atom is -0.378 e. The van der Waals surface area contributed by atoms with E-state index in [2.05, 4.69) is 0 Å². The first-order valence-corrected chi connectivity index (χ1v) is 6.79. The maximum absolute atomic E-state index is 12.4. The summed E-state index contributed by atoms with van der Waals surface area (Å²) in [6.45, 7) is 2.26. The van der Waals surface area contributed by atoms with Gasteiger partial charge in [0.1, 0.15) is 0 Å². The Labute approximate surface area is 122 Å². The molecule has 0 spiro atoms. The molecule has 1 aromatic rings. The Bertz CT molecular complexity index is 561. The zero-order valence-corrected chi connectivity index (χ0v) is 12.0. The number of carbonyl (C=O) groups is 2. The van der Waals surface area contributed by atoms with Crippen molar-refractivity contribution in [2.24, 2.45) is 5.73 Å². The van der Waals surface area contributed by atoms with Gasteiger partial charge in [-0.25, -0.2) is 0 Å². The molecule has 1 atom stereocenters. The van der Waals surface area contributed by atoms with Crippen LogP contribution in [-0.2, 0) is 4.79 Å². The van der Waals surface area contributed by atoms with Gasteiger partial charge >= 0.3 is 0 Å². The van der Waals surface area contributed by atoms with Crippen LogP contribution in [0.1, 0.15) is 28.8 Å². The quantitative estimate of drug-likeness (QED) is 0.857. The number of nitrogens with zero attached hydrogens (tertiary/aromatic N) is 1. The van der Waals surface area contributed by atoms with Crippen molar-refractivity contribution in [3.05, 3.63) is 34.3 Å². The van der Waals surface area contributed by atoms with Gasteiger partial charge in [0.15, 0.2) is 5.60 Å². The predicted molar refractivity (Wildman–Crippen MR) is 75.5 cm³/mol. The van der Waals surface area contributed by atoms with Crippen molar-refractivity contribution in [2.45, 2.75) is 25.4 Å². The molecule has 0 saturated carbocycles. The number of primary amides is 1. The highest BCUT2D eigenvalue weighted by Crippen LogP contribution is 2.24. The first-order chi connectivity index (χ1) is 9.33. The highest BCUT2D eigenvalue weighted by molar-refractivity contribution is 6.31. The smallest absolute Gasteiger partial charge is 0.254 e. The molecule has 0 aliphatic carbocycles. The van der Waals surface area contributed by atoms with Gasteiger partial charge in [-0.2, -0.15) is 0 Å². The van der Waals surface area contributed by atoms with Gasteiger partial charge in [0.05, 0.1) is 6.54 Å². The van der Waals surface area contributed by atoms with E-state index in [1.165, 1.54) is 4.90 Å². The van der Waals surface area contributed by atoms with Crippen LogP contribution in [0.4, 0.5) is 0 Å². The van der Waals surface area contributed by atoms with Crippen molar-refractivity contribution in [3.63, 3.8) is 0 Å². The second-order valence-electron chi connectivity index (χ2n) is 5.19. The number of aliphatic hydroxyl groups is 1. The molecular weight excluding hydrogens is 280 g/mol. The summed E-state index contributed by atoms with van der Waals surface area (Å²) < 4.78 is 0. The maximum Gasteiger partial charge on any atom is 0.254 e. The van der Waals surface area contributed by atoms with E-state index < -0.39 is 11.5 Å². The molecule has 2 amide bonds. The van der Waals surface area contributed by atoms with Crippen LogP contribution in [0.3, 0.4) is 0 Å². The lowest BCUT2D eigenvalue weighted by atomic mass is 9.92. The lowest BCUT2D eigenvalue weighted by molar-refractivity contribution is -0.140. The average Bonchev–Trinajstić information content (AvgIpc) is 2.41. The molecule has 1 heterocycles. The summed E-state index contributed by atoms with van der Waals surface area (Å²) in [5, 5.41) is 10.6. The van der Waals surface area contributed by atoms with E-state index in [0.29, 0.717) is 23.6 Å². The maximum atomic E-state index is 12.4. The molecule has 5 nitrogen and oxygen atoms in total. The molecule has 6 heteroatoms.